The number of aromatic nitrogens is 1. The van der Waals surface area contributed by atoms with E-state index in [0.29, 0.717) is 24.8 Å². The molecule has 0 unspecified atom stereocenters. The summed E-state index contributed by atoms with van der Waals surface area (Å²) in [5, 5.41) is 0.556. The highest BCUT2D eigenvalue weighted by atomic mass is 28.4. The average Bonchev–Trinajstić information content (AvgIpc) is 2.84. The maximum Gasteiger partial charge on any atom is 0.343 e. The van der Waals surface area contributed by atoms with Crippen LogP contribution in [0.4, 0.5) is 4.39 Å². The molecule has 38 heavy (non-hydrogen) atoms. The first kappa shape index (κ1) is 29.8. The number of esters is 1. The molecule has 0 spiro atoms. The van der Waals surface area contributed by atoms with Crippen LogP contribution in [0.15, 0.2) is 53.5 Å². The summed E-state index contributed by atoms with van der Waals surface area (Å²) in [5.41, 5.74) is 2.47. The van der Waals surface area contributed by atoms with Gasteiger partial charge in [0.25, 0.3) is 0 Å². The number of hydrogen-bond acceptors (Lipinski definition) is 4. The Morgan fingerprint density at radius 2 is 1.63 bits per heavy atom. The van der Waals surface area contributed by atoms with Gasteiger partial charge in [-0.15, -0.1) is 0 Å². The standard InChI is InChI=1S/C31H42FNO4Si/c1-9-36-30(35)26-19-33(28(21(2)3)20-37-38(7,8)31(4,5)6)27-17-14-23(18-25(27)29(26)34)11-10-22-12-15-24(32)16-13-22/h12-19,21,28H,9-11,20H2,1-8H3/t28-/m1/s1. The fraction of sp³-hybridized carbons (Fsp3) is 0.484. The Labute approximate surface area is 227 Å². The molecule has 206 valence electrons. The lowest BCUT2D eigenvalue weighted by atomic mass is 9.99. The monoisotopic (exact) mass is 539 g/mol. The minimum absolute atomic E-state index is 0.0352. The minimum atomic E-state index is -2.02. The molecule has 0 saturated carbocycles. The summed E-state index contributed by atoms with van der Waals surface area (Å²) in [7, 11) is -2.02. The number of pyridine rings is 1. The van der Waals surface area contributed by atoms with E-state index in [0.717, 1.165) is 16.6 Å². The lowest BCUT2D eigenvalue weighted by Gasteiger charge is -2.38. The van der Waals surface area contributed by atoms with Gasteiger partial charge in [-0.3, -0.25) is 4.79 Å². The van der Waals surface area contributed by atoms with Crippen molar-refractivity contribution in [2.24, 2.45) is 5.92 Å². The van der Waals surface area contributed by atoms with Gasteiger partial charge in [0.1, 0.15) is 11.4 Å². The number of benzene rings is 2. The Morgan fingerprint density at radius 3 is 2.21 bits per heavy atom. The topological polar surface area (TPSA) is 57.5 Å². The first-order valence-corrected chi connectivity index (χ1v) is 16.4. The van der Waals surface area contributed by atoms with Crippen molar-refractivity contribution in [3.05, 3.63) is 81.4 Å². The van der Waals surface area contributed by atoms with E-state index >= 15 is 0 Å². The second-order valence-corrected chi connectivity index (χ2v) is 16.7. The number of nitrogens with zero attached hydrogens (tertiary/aromatic N) is 1. The largest absolute Gasteiger partial charge is 0.462 e. The molecule has 3 rings (SSSR count). The van der Waals surface area contributed by atoms with E-state index in [9.17, 15) is 14.0 Å². The van der Waals surface area contributed by atoms with Crippen LogP contribution in [0.5, 0.6) is 0 Å². The van der Waals surface area contributed by atoms with Gasteiger partial charge in [-0.05, 0) is 79.2 Å². The van der Waals surface area contributed by atoms with Crippen molar-refractivity contribution >= 4 is 25.2 Å². The zero-order valence-corrected chi connectivity index (χ0v) is 25.1. The van der Waals surface area contributed by atoms with Gasteiger partial charge < -0.3 is 13.7 Å². The molecule has 0 aliphatic carbocycles. The molecule has 3 aromatic rings. The van der Waals surface area contributed by atoms with Crippen LogP contribution in [-0.4, -0.2) is 32.1 Å². The number of fused-ring (bicyclic) bond motifs is 1. The number of hydrogen-bond donors (Lipinski definition) is 0. The minimum Gasteiger partial charge on any atom is -0.462 e. The Kier molecular flexibility index (Phi) is 9.37. The van der Waals surface area contributed by atoms with Crippen LogP contribution in [-0.2, 0) is 22.0 Å². The van der Waals surface area contributed by atoms with Crippen molar-refractivity contribution in [3.8, 4) is 0 Å². The highest BCUT2D eigenvalue weighted by molar-refractivity contribution is 6.74. The molecule has 0 radical (unpaired) electrons. The first-order chi connectivity index (χ1) is 17.7. The van der Waals surface area contributed by atoms with E-state index < -0.39 is 14.3 Å². The summed E-state index contributed by atoms with van der Waals surface area (Å²) < 4.78 is 27.2. The lowest BCUT2D eigenvalue weighted by Crippen LogP contribution is -2.42. The van der Waals surface area contributed by atoms with Gasteiger partial charge in [0.15, 0.2) is 8.32 Å². The van der Waals surface area contributed by atoms with Crippen LogP contribution >= 0.6 is 0 Å². The SMILES string of the molecule is CCOC(=O)c1cn([C@H](CO[Si](C)(C)C(C)(C)C)C(C)C)c2ccc(CCc3ccc(F)cc3)cc2c1=O. The molecule has 1 aromatic heterocycles. The summed E-state index contributed by atoms with van der Waals surface area (Å²) in [5.74, 6) is -0.680. The van der Waals surface area contributed by atoms with Crippen molar-refractivity contribution in [1.82, 2.24) is 4.57 Å². The third kappa shape index (κ3) is 6.80. The molecule has 0 amide bonds. The van der Waals surface area contributed by atoms with Crippen LogP contribution in [0.25, 0.3) is 10.9 Å². The molecule has 0 aliphatic heterocycles. The van der Waals surface area contributed by atoms with Crippen LogP contribution in [0.2, 0.25) is 18.1 Å². The average molecular weight is 540 g/mol. The summed E-state index contributed by atoms with van der Waals surface area (Å²) in [6.45, 7) is 17.8. The molecule has 0 saturated heterocycles. The van der Waals surface area contributed by atoms with Crippen molar-refractivity contribution < 1.29 is 18.3 Å². The summed E-state index contributed by atoms with van der Waals surface area (Å²) in [6.07, 6.45) is 3.06. The molecule has 0 N–H and O–H groups in total. The Morgan fingerprint density at radius 1 is 1.03 bits per heavy atom. The van der Waals surface area contributed by atoms with Crippen LogP contribution in [0, 0.1) is 11.7 Å². The van der Waals surface area contributed by atoms with E-state index in [1.807, 2.05) is 22.8 Å². The van der Waals surface area contributed by atoms with Gasteiger partial charge in [-0.2, -0.15) is 0 Å². The maximum atomic E-state index is 13.5. The third-order valence-corrected chi connectivity index (χ3v) is 12.3. The molecule has 0 fully saturated rings. The van der Waals surface area contributed by atoms with Gasteiger partial charge in [-0.1, -0.05) is 52.8 Å². The summed E-state index contributed by atoms with van der Waals surface area (Å²) in [4.78, 5) is 26.4. The van der Waals surface area contributed by atoms with Gasteiger partial charge in [0.05, 0.1) is 24.8 Å². The van der Waals surface area contributed by atoms with Crippen LogP contribution in [0.1, 0.15) is 69.1 Å². The van der Waals surface area contributed by atoms with E-state index in [1.165, 1.54) is 12.1 Å². The Hall–Kier alpha value is -2.77. The summed E-state index contributed by atoms with van der Waals surface area (Å²) in [6, 6.07) is 12.3. The molecule has 7 heteroatoms. The number of halogens is 1. The quantitative estimate of drug-likeness (QED) is 0.200. The van der Waals surface area contributed by atoms with Gasteiger partial charge in [-0.25, -0.2) is 9.18 Å². The zero-order chi connectivity index (χ0) is 28.3. The van der Waals surface area contributed by atoms with Crippen molar-refractivity contribution in [3.63, 3.8) is 0 Å². The molecule has 0 aliphatic rings. The number of aryl methyl sites for hydroxylation is 2. The molecule has 5 nitrogen and oxygen atoms in total. The second-order valence-electron chi connectivity index (χ2n) is 11.9. The van der Waals surface area contributed by atoms with Crippen molar-refractivity contribution in [2.45, 2.75) is 78.6 Å². The van der Waals surface area contributed by atoms with E-state index in [2.05, 4.69) is 47.7 Å². The zero-order valence-electron chi connectivity index (χ0n) is 24.1. The molecule has 2 aromatic carbocycles. The predicted octanol–water partition coefficient (Wildman–Crippen LogP) is 7.32. The van der Waals surface area contributed by atoms with Crippen molar-refractivity contribution in [2.75, 3.05) is 13.2 Å². The number of carbonyl (C=O) groups excluding carboxylic acids is 1. The first-order valence-electron chi connectivity index (χ1n) is 13.5. The molecule has 1 atom stereocenters. The van der Waals surface area contributed by atoms with E-state index in [1.54, 1.807) is 25.3 Å². The Bertz CT molecular complexity index is 1320. The molecular weight excluding hydrogens is 497 g/mol. The normalized spacial score (nSPS) is 13.2. The molecular formula is C31H42FNO4Si. The van der Waals surface area contributed by atoms with Gasteiger partial charge >= 0.3 is 5.97 Å². The number of ether oxygens (including phenoxy) is 1. The van der Waals surface area contributed by atoms with Crippen molar-refractivity contribution in [1.29, 1.82) is 0 Å². The van der Waals surface area contributed by atoms with Crippen LogP contribution < -0.4 is 5.43 Å². The van der Waals surface area contributed by atoms with Crippen LogP contribution in [0.3, 0.4) is 0 Å². The maximum absolute atomic E-state index is 13.5. The highest BCUT2D eigenvalue weighted by Gasteiger charge is 2.38. The molecule has 1 heterocycles. The summed E-state index contributed by atoms with van der Waals surface area (Å²) >= 11 is 0. The fourth-order valence-corrected chi connectivity index (χ4v) is 5.25. The number of carbonyl (C=O) groups is 1. The lowest BCUT2D eigenvalue weighted by molar-refractivity contribution is 0.0523. The van der Waals surface area contributed by atoms with Gasteiger partial charge in [0.2, 0.25) is 5.43 Å². The van der Waals surface area contributed by atoms with E-state index in [-0.39, 0.29) is 40.4 Å². The highest BCUT2D eigenvalue weighted by Crippen LogP contribution is 2.37. The fourth-order valence-electron chi connectivity index (χ4n) is 4.23. The second kappa shape index (κ2) is 12.0. The molecule has 0 bridgehead atoms. The predicted molar refractivity (Wildman–Crippen MR) is 155 cm³/mol. The third-order valence-electron chi connectivity index (χ3n) is 7.76. The number of rotatable bonds is 10. The van der Waals surface area contributed by atoms with Gasteiger partial charge in [0, 0.05) is 11.6 Å². The van der Waals surface area contributed by atoms with E-state index in [4.69, 9.17) is 9.16 Å². The Balaban J connectivity index is 2.07. The smallest absolute Gasteiger partial charge is 0.343 e.